The van der Waals surface area contributed by atoms with E-state index in [1.165, 1.54) is 0 Å². The van der Waals surface area contributed by atoms with Crippen molar-refractivity contribution in [1.29, 1.82) is 0 Å². The van der Waals surface area contributed by atoms with Gasteiger partial charge in [0.05, 0.1) is 6.04 Å². The van der Waals surface area contributed by atoms with Crippen molar-refractivity contribution in [3.05, 3.63) is 71.8 Å². The van der Waals surface area contributed by atoms with E-state index in [0.29, 0.717) is 0 Å². The number of hydrogen-bond acceptors (Lipinski definition) is 3. The molecule has 0 heterocycles. The number of carbonyl (C=O) groups is 1. The first-order valence-electron chi connectivity index (χ1n) is 8.97. The summed E-state index contributed by atoms with van der Waals surface area (Å²) in [4.78, 5) is 12.4. The third-order valence-electron chi connectivity index (χ3n) is 4.22. The highest BCUT2D eigenvalue weighted by molar-refractivity contribution is 5.68. The van der Waals surface area contributed by atoms with Crippen LogP contribution in [0.25, 0.3) is 0 Å². The molecule has 4 heteroatoms. The van der Waals surface area contributed by atoms with Crippen LogP contribution in [0.5, 0.6) is 0 Å². The second-order valence-corrected chi connectivity index (χ2v) is 7.87. The fourth-order valence-electron chi connectivity index (χ4n) is 3.10. The van der Waals surface area contributed by atoms with Gasteiger partial charge in [-0.25, -0.2) is 4.79 Å². The van der Waals surface area contributed by atoms with Crippen molar-refractivity contribution in [2.45, 2.75) is 51.9 Å². The summed E-state index contributed by atoms with van der Waals surface area (Å²) in [6.07, 6.45) is -0.540. The van der Waals surface area contributed by atoms with E-state index in [2.05, 4.69) is 5.32 Å². The van der Waals surface area contributed by atoms with Crippen molar-refractivity contribution in [3.8, 4) is 0 Å². The molecule has 2 rings (SSSR count). The molecule has 1 amide bonds. The summed E-state index contributed by atoms with van der Waals surface area (Å²) in [5, 5.41) is 14.8. The standard InChI is InChI=1S/C22H29NO3/c1-16(2)19(23-20(24)26-21(3,4)5)22(25,17-12-8-6-9-13-17)18-14-10-7-11-15-18/h6-16,19,25H,1-5H3,(H,23,24)/t19-/m1/s1. The number of benzene rings is 2. The lowest BCUT2D eigenvalue weighted by molar-refractivity contribution is 0.00406. The Morgan fingerprint density at radius 2 is 1.35 bits per heavy atom. The number of carbonyl (C=O) groups excluding carboxylic acids is 1. The topological polar surface area (TPSA) is 58.6 Å². The van der Waals surface area contributed by atoms with Gasteiger partial charge in [-0.3, -0.25) is 0 Å². The zero-order chi connectivity index (χ0) is 19.4. The summed E-state index contributed by atoms with van der Waals surface area (Å²) >= 11 is 0. The van der Waals surface area contributed by atoms with Gasteiger partial charge in [-0.15, -0.1) is 0 Å². The molecule has 0 aromatic heterocycles. The number of amides is 1. The van der Waals surface area contributed by atoms with Gasteiger partial charge in [0, 0.05) is 0 Å². The molecule has 0 fully saturated rings. The van der Waals surface area contributed by atoms with Crippen LogP contribution in [0.1, 0.15) is 45.7 Å². The van der Waals surface area contributed by atoms with Crippen LogP contribution in [0.3, 0.4) is 0 Å². The summed E-state index contributed by atoms with van der Waals surface area (Å²) in [5.41, 5.74) is -0.543. The maximum Gasteiger partial charge on any atom is 0.408 e. The number of nitrogens with one attached hydrogen (secondary N) is 1. The largest absolute Gasteiger partial charge is 0.444 e. The van der Waals surface area contributed by atoms with Gasteiger partial charge in [0.2, 0.25) is 0 Å². The molecular weight excluding hydrogens is 326 g/mol. The monoisotopic (exact) mass is 355 g/mol. The van der Waals surface area contributed by atoms with Crippen molar-refractivity contribution in [3.63, 3.8) is 0 Å². The van der Waals surface area contributed by atoms with E-state index in [1.54, 1.807) is 0 Å². The molecule has 140 valence electrons. The van der Waals surface area contributed by atoms with Crippen LogP contribution in [0.15, 0.2) is 60.7 Å². The van der Waals surface area contributed by atoms with E-state index < -0.39 is 23.3 Å². The molecule has 2 N–H and O–H groups in total. The second kappa shape index (κ2) is 7.92. The van der Waals surface area contributed by atoms with Gasteiger partial charge in [-0.1, -0.05) is 74.5 Å². The van der Waals surface area contributed by atoms with Crippen LogP contribution in [0.2, 0.25) is 0 Å². The van der Waals surface area contributed by atoms with Gasteiger partial charge >= 0.3 is 6.09 Å². The molecule has 1 atom stereocenters. The lowest BCUT2D eigenvalue weighted by atomic mass is 9.76. The van der Waals surface area contributed by atoms with Crippen LogP contribution >= 0.6 is 0 Å². The van der Waals surface area contributed by atoms with Crippen LogP contribution in [-0.2, 0) is 10.3 Å². The van der Waals surface area contributed by atoms with E-state index in [9.17, 15) is 9.90 Å². The van der Waals surface area contributed by atoms with E-state index in [1.807, 2.05) is 95.3 Å². The number of hydrogen-bond donors (Lipinski definition) is 2. The number of rotatable bonds is 5. The third kappa shape index (κ3) is 4.64. The minimum atomic E-state index is -1.38. The second-order valence-electron chi connectivity index (χ2n) is 7.87. The smallest absolute Gasteiger partial charge is 0.408 e. The Bertz CT molecular complexity index is 666. The number of aliphatic hydroxyl groups is 1. The fourth-order valence-corrected chi connectivity index (χ4v) is 3.10. The Kier molecular flexibility index (Phi) is 6.09. The highest BCUT2D eigenvalue weighted by Crippen LogP contribution is 2.36. The first kappa shape index (κ1) is 20.0. The SMILES string of the molecule is CC(C)[C@@H](NC(=O)OC(C)(C)C)C(O)(c1ccccc1)c1ccccc1. The van der Waals surface area contributed by atoms with Gasteiger partial charge in [0.1, 0.15) is 11.2 Å². The molecule has 26 heavy (non-hydrogen) atoms. The molecule has 0 unspecified atom stereocenters. The third-order valence-corrected chi connectivity index (χ3v) is 4.22. The predicted octanol–water partition coefficient (Wildman–Crippen LogP) is 4.47. The summed E-state index contributed by atoms with van der Waals surface area (Å²) in [5.74, 6) is -0.0343. The molecule has 2 aromatic rings. The van der Waals surface area contributed by atoms with Crippen LogP contribution in [-0.4, -0.2) is 22.8 Å². The molecule has 0 aliphatic carbocycles. The van der Waals surface area contributed by atoms with Crippen LogP contribution < -0.4 is 5.32 Å². The molecule has 2 aromatic carbocycles. The average molecular weight is 355 g/mol. The van der Waals surface area contributed by atoms with Gasteiger partial charge in [-0.2, -0.15) is 0 Å². The highest BCUT2D eigenvalue weighted by Gasteiger charge is 2.43. The van der Waals surface area contributed by atoms with E-state index in [4.69, 9.17) is 4.74 Å². The van der Waals surface area contributed by atoms with Crippen LogP contribution in [0.4, 0.5) is 4.79 Å². The van der Waals surface area contributed by atoms with Crippen LogP contribution in [0, 0.1) is 5.92 Å². The van der Waals surface area contributed by atoms with E-state index >= 15 is 0 Å². The molecule has 0 aliphatic heterocycles. The molecule has 0 spiro atoms. The fraction of sp³-hybridized carbons (Fsp3) is 0.409. The van der Waals surface area contributed by atoms with Gasteiger partial charge in [0.15, 0.2) is 0 Å². The highest BCUT2D eigenvalue weighted by atomic mass is 16.6. The number of alkyl carbamates (subject to hydrolysis) is 1. The molecule has 0 saturated carbocycles. The van der Waals surface area contributed by atoms with E-state index in [-0.39, 0.29) is 5.92 Å². The minimum absolute atomic E-state index is 0.0343. The van der Waals surface area contributed by atoms with Crippen molar-refractivity contribution in [1.82, 2.24) is 5.32 Å². The molecule has 0 bridgehead atoms. The summed E-state index contributed by atoms with van der Waals surface area (Å²) < 4.78 is 5.42. The number of ether oxygens (including phenoxy) is 1. The Morgan fingerprint density at radius 1 is 0.923 bits per heavy atom. The Balaban J connectivity index is 2.49. The molecular formula is C22H29NO3. The zero-order valence-electron chi connectivity index (χ0n) is 16.2. The zero-order valence-corrected chi connectivity index (χ0v) is 16.2. The lowest BCUT2D eigenvalue weighted by Gasteiger charge is -2.40. The lowest BCUT2D eigenvalue weighted by Crippen LogP contribution is -2.55. The van der Waals surface area contributed by atoms with Crippen molar-refractivity contribution in [2.75, 3.05) is 0 Å². The first-order valence-corrected chi connectivity index (χ1v) is 8.97. The van der Waals surface area contributed by atoms with Crippen molar-refractivity contribution >= 4 is 6.09 Å². The van der Waals surface area contributed by atoms with Gasteiger partial charge in [-0.05, 0) is 37.8 Å². The molecule has 0 radical (unpaired) electrons. The minimum Gasteiger partial charge on any atom is -0.444 e. The van der Waals surface area contributed by atoms with Gasteiger partial charge < -0.3 is 15.2 Å². The normalized spacial score (nSPS) is 13.3. The maximum atomic E-state index is 12.4. The molecule has 4 nitrogen and oxygen atoms in total. The van der Waals surface area contributed by atoms with Crippen molar-refractivity contribution in [2.24, 2.45) is 5.92 Å². The summed E-state index contributed by atoms with van der Waals surface area (Å²) in [6, 6.07) is 18.3. The quantitative estimate of drug-likeness (QED) is 0.832. The molecule has 0 saturated heterocycles. The Morgan fingerprint density at radius 3 is 1.69 bits per heavy atom. The summed E-state index contributed by atoms with van der Waals surface area (Å²) in [6.45, 7) is 9.39. The van der Waals surface area contributed by atoms with Crippen molar-refractivity contribution < 1.29 is 14.6 Å². The van der Waals surface area contributed by atoms with E-state index in [0.717, 1.165) is 11.1 Å². The Hall–Kier alpha value is -2.33. The maximum absolute atomic E-state index is 12.4. The molecule has 0 aliphatic rings. The average Bonchev–Trinajstić information content (AvgIpc) is 2.59. The Labute approximate surface area is 156 Å². The first-order chi connectivity index (χ1) is 12.1. The summed E-state index contributed by atoms with van der Waals surface area (Å²) in [7, 11) is 0. The predicted molar refractivity (Wildman–Crippen MR) is 104 cm³/mol. The van der Waals surface area contributed by atoms with Gasteiger partial charge in [0.25, 0.3) is 0 Å².